The maximum Gasteiger partial charge on any atom is 0.338 e. The van der Waals surface area contributed by atoms with Gasteiger partial charge < -0.3 is 14.8 Å². The van der Waals surface area contributed by atoms with Crippen molar-refractivity contribution in [1.82, 2.24) is 4.90 Å². The van der Waals surface area contributed by atoms with Gasteiger partial charge in [-0.2, -0.15) is 0 Å². The summed E-state index contributed by atoms with van der Waals surface area (Å²) in [6.45, 7) is 1.61. The fraction of sp³-hybridized carbons (Fsp3) is 0.345. The summed E-state index contributed by atoms with van der Waals surface area (Å²) in [5.41, 5.74) is 1.51. The van der Waals surface area contributed by atoms with E-state index in [1.807, 2.05) is 25.1 Å². The van der Waals surface area contributed by atoms with Crippen LogP contribution in [0, 0.1) is 11.8 Å². The van der Waals surface area contributed by atoms with Crippen LogP contribution in [-0.2, 0) is 35.1 Å². The molecule has 0 radical (unpaired) electrons. The van der Waals surface area contributed by atoms with Crippen LogP contribution in [0.2, 0.25) is 0 Å². The number of rotatable bonds is 10. The molecule has 2 aromatic rings. The lowest BCUT2D eigenvalue weighted by atomic mass is 9.85. The van der Waals surface area contributed by atoms with Crippen LogP contribution in [0.4, 0.5) is 5.69 Å². The molecule has 3 atom stereocenters. The lowest BCUT2D eigenvalue weighted by Crippen LogP contribution is -2.48. The molecule has 0 bridgehead atoms. The summed E-state index contributed by atoms with van der Waals surface area (Å²) >= 11 is 0. The zero-order chi connectivity index (χ0) is 27.1. The van der Waals surface area contributed by atoms with Gasteiger partial charge in [-0.15, -0.1) is 0 Å². The first-order valence-electron chi connectivity index (χ1n) is 12.7. The number of carbonyl (C=O) groups is 5. The Morgan fingerprint density at radius 2 is 1.55 bits per heavy atom. The number of allylic oxidation sites excluding steroid dienone is 2. The van der Waals surface area contributed by atoms with Crippen LogP contribution < -0.4 is 5.32 Å². The molecular formula is C29H30N2O7. The van der Waals surface area contributed by atoms with Gasteiger partial charge in [0, 0.05) is 12.1 Å². The molecule has 1 aliphatic heterocycles. The number of nitrogens with zero attached hydrogens (tertiary/aromatic N) is 1. The van der Waals surface area contributed by atoms with E-state index >= 15 is 0 Å². The van der Waals surface area contributed by atoms with Crippen molar-refractivity contribution in [2.75, 3.05) is 18.5 Å². The number of ether oxygens (including phenoxy) is 2. The number of hydrogen-bond acceptors (Lipinski definition) is 7. The molecular weight excluding hydrogens is 488 g/mol. The van der Waals surface area contributed by atoms with E-state index in [1.165, 1.54) is 24.3 Å². The Hall–Kier alpha value is -4.27. The van der Waals surface area contributed by atoms with Gasteiger partial charge in [-0.3, -0.25) is 19.3 Å². The number of carbonyl (C=O) groups excluding carboxylic acids is 5. The van der Waals surface area contributed by atoms with Crippen molar-refractivity contribution in [1.29, 1.82) is 0 Å². The molecule has 9 heteroatoms. The minimum Gasteiger partial charge on any atom is -0.462 e. The highest BCUT2D eigenvalue weighted by Gasteiger charge is 2.51. The first kappa shape index (κ1) is 26.8. The molecule has 198 valence electrons. The number of nitrogens with one attached hydrogen (secondary N) is 1. The number of anilines is 1. The smallest absolute Gasteiger partial charge is 0.338 e. The lowest BCUT2D eigenvalue weighted by Gasteiger charge is -2.25. The molecule has 1 heterocycles. The van der Waals surface area contributed by atoms with Crippen LogP contribution in [-0.4, -0.2) is 53.8 Å². The number of amides is 3. The van der Waals surface area contributed by atoms with E-state index in [2.05, 4.69) is 5.32 Å². The maximum atomic E-state index is 13.2. The molecule has 1 fully saturated rings. The van der Waals surface area contributed by atoms with Gasteiger partial charge in [0.2, 0.25) is 11.8 Å². The molecule has 0 saturated carbocycles. The summed E-state index contributed by atoms with van der Waals surface area (Å²) in [7, 11) is 0. The minimum atomic E-state index is -1.18. The number of esters is 2. The van der Waals surface area contributed by atoms with Gasteiger partial charge in [0.1, 0.15) is 6.04 Å². The van der Waals surface area contributed by atoms with Gasteiger partial charge in [0.05, 0.1) is 24.0 Å². The molecule has 2 aromatic carbocycles. The minimum absolute atomic E-state index is 0.0846. The zero-order valence-corrected chi connectivity index (χ0v) is 21.1. The van der Waals surface area contributed by atoms with Gasteiger partial charge in [-0.25, -0.2) is 9.59 Å². The Morgan fingerprint density at radius 3 is 2.16 bits per heavy atom. The van der Waals surface area contributed by atoms with Gasteiger partial charge in [0.25, 0.3) is 5.91 Å². The van der Waals surface area contributed by atoms with Crippen molar-refractivity contribution in [3.05, 3.63) is 77.9 Å². The van der Waals surface area contributed by atoms with E-state index in [9.17, 15) is 24.0 Å². The highest BCUT2D eigenvalue weighted by atomic mass is 16.5. The Kier molecular flexibility index (Phi) is 8.68. The monoisotopic (exact) mass is 518 g/mol. The topological polar surface area (TPSA) is 119 Å². The average Bonchev–Trinajstić information content (AvgIpc) is 3.19. The highest BCUT2D eigenvalue weighted by Crippen LogP contribution is 2.36. The molecule has 1 aliphatic carbocycles. The molecule has 38 heavy (non-hydrogen) atoms. The van der Waals surface area contributed by atoms with E-state index in [0.29, 0.717) is 37.1 Å². The Labute approximate surface area is 220 Å². The third-order valence-electron chi connectivity index (χ3n) is 6.58. The summed E-state index contributed by atoms with van der Waals surface area (Å²) < 4.78 is 10.4. The number of fused-ring (bicyclic) bond motifs is 1. The van der Waals surface area contributed by atoms with Crippen LogP contribution in [0.25, 0.3) is 0 Å². The second-order valence-corrected chi connectivity index (χ2v) is 9.28. The van der Waals surface area contributed by atoms with Gasteiger partial charge >= 0.3 is 11.9 Å². The largest absolute Gasteiger partial charge is 0.462 e. The number of likely N-dealkylation sites (tertiary alicyclic amines) is 1. The third-order valence-corrected chi connectivity index (χ3v) is 6.58. The zero-order valence-electron chi connectivity index (χ0n) is 21.1. The highest BCUT2D eigenvalue weighted by molar-refractivity contribution is 6.08. The predicted octanol–water partition coefficient (Wildman–Crippen LogP) is 3.30. The number of benzene rings is 2. The fourth-order valence-electron chi connectivity index (χ4n) is 4.65. The van der Waals surface area contributed by atoms with Gasteiger partial charge in [0.15, 0.2) is 6.61 Å². The van der Waals surface area contributed by atoms with E-state index in [4.69, 9.17) is 9.47 Å². The maximum absolute atomic E-state index is 13.2. The number of hydrogen-bond donors (Lipinski definition) is 1. The third kappa shape index (κ3) is 6.16. The Morgan fingerprint density at radius 1 is 0.921 bits per heavy atom. The first-order chi connectivity index (χ1) is 18.4. The standard InChI is InChI=1S/C29H30N2O7/c1-2-16-37-28(35)20-12-14-21(15-13-20)30-25(32)18-38-29(36)24(17-19-8-4-3-5-9-19)31-26(33)22-10-6-7-11-23(22)27(31)34/h3-9,12-15,22-24H,2,10-11,16-18H2,1H3,(H,30,32)/t22-,23+,24-/m0/s1. The molecule has 1 saturated heterocycles. The first-order valence-corrected chi connectivity index (χ1v) is 12.7. The molecule has 4 rings (SSSR count). The Balaban J connectivity index is 1.40. The van der Waals surface area contributed by atoms with E-state index in [-0.39, 0.29) is 18.2 Å². The molecule has 0 aromatic heterocycles. The summed E-state index contributed by atoms with van der Waals surface area (Å²) in [5, 5.41) is 2.60. The van der Waals surface area contributed by atoms with Crippen LogP contribution in [0.5, 0.6) is 0 Å². The number of imide groups is 1. The normalized spacial score (nSPS) is 19.0. The second kappa shape index (κ2) is 12.3. The molecule has 2 aliphatic rings. The van der Waals surface area contributed by atoms with Gasteiger partial charge in [-0.05, 0) is 49.1 Å². The van der Waals surface area contributed by atoms with Crippen LogP contribution in [0.3, 0.4) is 0 Å². The van der Waals surface area contributed by atoms with Crippen molar-refractivity contribution in [2.24, 2.45) is 11.8 Å². The van der Waals surface area contributed by atoms with Crippen LogP contribution in [0.15, 0.2) is 66.7 Å². The summed E-state index contributed by atoms with van der Waals surface area (Å²) in [6.07, 6.45) is 5.47. The van der Waals surface area contributed by atoms with Crippen LogP contribution >= 0.6 is 0 Å². The SMILES string of the molecule is CCCOC(=O)c1ccc(NC(=O)COC(=O)[C@H](Cc2ccccc2)N2C(=O)[C@H]3CC=CC[C@H]3C2=O)cc1. The summed E-state index contributed by atoms with van der Waals surface area (Å²) in [5.74, 6) is -3.62. The van der Waals surface area contributed by atoms with Crippen molar-refractivity contribution >= 4 is 35.3 Å². The van der Waals surface area contributed by atoms with Crippen molar-refractivity contribution in [3.8, 4) is 0 Å². The van der Waals surface area contributed by atoms with Crippen LogP contribution in [0.1, 0.15) is 42.1 Å². The van der Waals surface area contributed by atoms with E-state index in [1.54, 1.807) is 24.3 Å². The molecule has 3 amide bonds. The van der Waals surface area contributed by atoms with Crippen molar-refractivity contribution in [3.63, 3.8) is 0 Å². The fourth-order valence-corrected chi connectivity index (χ4v) is 4.65. The molecule has 0 spiro atoms. The van der Waals surface area contributed by atoms with E-state index in [0.717, 1.165) is 10.5 Å². The Bertz CT molecular complexity index is 1200. The van der Waals surface area contributed by atoms with Crippen molar-refractivity contribution in [2.45, 2.75) is 38.6 Å². The lowest BCUT2D eigenvalue weighted by molar-refractivity contribution is -0.159. The summed E-state index contributed by atoms with van der Waals surface area (Å²) in [6, 6.07) is 14.0. The molecule has 1 N–H and O–H groups in total. The summed E-state index contributed by atoms with van der Waals surface area (Å²) in [4.78, 5) is 64.9. The predicted molar refractivity (Wildman–Crippen MR) is 138 cm³/mol. The molecule has 9 nitrogen and oxygen atoms in total. The van der Waals surface area contributed by atoms with Gasteiger partial charge in [-0.1, -0.05) is 49.4 Å². The van der Waals surface area contributed by atoms with E-state index < -0.39 is 42.3 Å². The quantitative estimate of drug-likeness (QED) is 0.291. The van der Waals surface area contributed by atoms with Crippen molar-refractivity contribution < 1.29 is 33.4 Å². The molecule has 0 unspecified atom stereocenters. The second-order valence-electron chi connectivity index (χ2n) is 9.28. The average molecular weight is 519 g/mol.